The van der Waals surface area contributed by atoms with E-state index in [2.05, 4.69) is 15.0 Å². The summed E-state index contributed by atoms with van der Waals surface area (Å²) >= 11 is 0. The average Bonchev–Trinajstić information content (AvgIpc) is 3.28. The summed E-state index contributed by atoms with van der Waals surface area (Å²) < 4.78 is 1.73. The van der Waals surface area contributed by atoms with E-state index >= 15 is 0 Å². The van der Waals surface area contributed by atoms with Gasteiger partial charge in [-0.05, 0) is 64.9 Å². The van der Waals surface area contributed by atoms with Crippen molar-refractivity contribution in [3.8, 4) is 5.82 Å². The molecule has 1 fully saturated rings. The summed E-state index contributed by atoms with van der Waals surface area (Å²) in [6.07, 6.45) is 7.03. The first-order chi connectivity index (χ1) is 12.2. The van der Waals surface area contributed by atoms with Crippen molar-refractivity contribution in [1.82, 2.24) is 24.6 Å². The SMILES string of the molecule is CCN(CCCN1CCCC1)C(=O)c1cnn(-c2ccccn2)c1C. The summed E-state index contributed by atoms with van der Waals surface area (Å²) in [5.41, 5.74) is 1.50. The molecular formula is C19H27N5O. The molecular weight excluding hydrogens is 314 g/mol. The lowest BCUT2D eigenvalue weighted by Crippen LogP contribution is -2.34. The van der Waals surface area contributed by atoms with E-state index in [1.54, 1.807) is 17.1 Å². The van der Waals surface area contributed by atoms with Gasteiger partial charge in [0.25, 0.3) is 5.91 Å². The number of hydrogen-bond donors (Lipinski definition) is 0. The maximum Gasteiger partial charge on any atom is 0.257 e. The Kier molecular flexibility index (Phi) is 5.81. The Balaban J connectivity index is 1.65. The molecule has 0 saturated carbocycles. The molecule has 134 valence electrons. The average molecular weight is 341 g/mol. The summed E-state index contributed by atoms with van der Waals surface area (Å²) in [5.74, 6) is 0.791. The van der Waals surface area contributed by atoms with Crippen molar-refractivity contribution in [2.45, 2.75) is 33.1 Å². The van der Waals surface area contributed by atoms with Crippen molar-refractivity contribution in [2.75, 3.05) is 32.7 Å². The smallest absolute Gasteiger partial charge is 0.257 e. The van der Waals surface area contributed by atoms with E-state index < -0.39 is 0 Å². The zero-order chi connectivity index (χ0) is 17.6. The van der Waals surface area contributed by atoms with Crippen molar-refractivity contribution in [3.05, 3.63) is 41.9 Å². The van der Waals surface area contributed by atoms with E-state index in [0.29, 0.717) is 12.1 Å². The molecule has 6 nitrogen and oxygen atoms in total. The van der Waals surface area contributed by atoms with Crippen LogP contribution >= 0.6 is 0 Å². The molecule has 0 N–H and O–H groups in total. The second-order valence-electron chi connectivity index (χ2n) is 6.53. The fraction of sp³-hybridized carbons (Fsp3) is 0.526. The highest BCUT2D eigenvalue weighted by atomic mass is 16.2. The van der Waals surface area contributed by atoms with Crippen molar-refractivity contribution < 1.29 is 4.79 Å². The van der Waals surface area contributed by atoms with Gasteiger partial charge in [0.1, 0.15) is 0 Å². The molecule has 3 rings (SSSR count). The molecule has 0 unspecified atom stereocenters. The first-order valence-electron chi connectivity index (χ1n) is 9.18. The minimum absolute atomic E-state index is 0.0589. The van der Waals surface area contributed by atoms with Crippen molar-refractivity contribution in [1.29, 1.82) is 0 Å². The fourth-order valence-corrected chi connectivity index (χ4v) is 3.39. The third-order valence-electron chi connectivity index (χ3n) is 4.88. The largest absolute Gasteiger partial charge is 0.339 e. The van der Waals surface area contributed by atoms with E-state index in [4.69, 9.17) is 0 Å². The predicted octanol–water partition coefficient (Wildman–Crippen LogP) is 2.52. The Bertz CT molecular complexity index is 691. The predicted molar refractivity (Wildman–Crippen MR) is 98.0 cm³/mol. The summed E-state index contributed by atoms with van der Waals surface area (Å²) in [5, 5.41) is 4.37. The third kappa shape index (κ3) is 4.07. The zero-order valence-electron chi connectivity index (χ0n) is 15.2. The maximum absolute atomic E-state index is 12.9. The lowest BCUT2D eigenvalue weighted by molar-refractivity contribution is 0.0757. The third-order valence-corrected chi connectivity index (χ3v) is 4.88. The number of rotatable bonds is 7. The summed E-state index contributed by atoms with van der Waals surface area (Å²) in [4.78, 5) is 21.6. The summed E-state index contributed by atoms with van der Waals surface area (Å²) in [6.45, 7) is 8.95. The Morgan fingerprint density at radius 1 is 1.28 bits per heavy atom. The molecule has 1 amide bonds. The number of carbonyl (C=O) groups is 1. The molecule has 2 aromatic rings. The van der Waals surface area contributed by atoms with Gasteiger partial charge in [-0.1, -0.05) is 6.07 Å². The normalized spacial score (nSPS) is 14.8. The van der Waals surface area contributed by atoms with Crippen LogP contribution in [0.4, 0.5) is 0 Å². The van der Waals surface area contributed by atoms with Crippen LogP contribution in [0.3, 0.4) is 0 Å². The number of amides is 1. The van der Waals surface area contributed by atoms with Gasteiger partial charge in [-0.15, -0.1) is 0 Å². The standard InChI is InChI=1S/C19H27N5O/c1-3-23(14-8-13-22-11-6-7-12-22)19(25)17-15-21-24(16(17)2)18-9-4-5-10-20-18/h4-5,9-10,15H,3,6-8,11-14H2,1-2H3. The molecule has 1 aliphatic rings. The first-order valence-corrected chi connectivity index (χ1v) is 9.18. The van der Waals surface area contributed by atoms with E-state index in [0.717, 1.165) is 31.0 Å². The topological polar surface area (TPSA) is 54.3 Å². The van der Waals surface area contributed by atoms with Gasteiger partial charge in [0.05, 0.1) is 17.5 Å². The van der Waals surface area contributed by atoms with Crippen LogP contribution < -0.4 is 0 Å². The highest BCUT2D eigenvalue weighted by molar-refractivity contribution is 5.95. The van der Waals surface area contributed by atoms with Crippen molar-refractivity contribution in [2.24, 2.45) is 0 Å². The van der Waals surface area contributed by atoms with Gasteiger partial charge in [0.15, 0.2) is 5.82 Å². The zero-order valence-corrected chi connectivity index (χ0v) is 15.2. The molecule has 0 spiro atoms. The number of likely N-dealkylation sites (tertiary alicyclic amines) is 1. The van der Waals surface area contributed by atoms with E-state index in [9.17, 15) is 4.79 Å². The van der Waals surface area contributed by atoms with Gasteiger partial charge in [0.2, 0.25) is 0 Å². The summed E-state index contributed by atoms with van der Waals surface area (Å²) in [7, 11) is 0. The second kappa shape index (κ2) is 8.25. The van der Waals surface area contributed by atoms with Crippen LogP contribution in [0.1, 0.15) is 42.2 Å². The van der Waals surface area contributed by atoms with E-state index in [-0.39, 0.29) is 5.91 Å². The van der Waals surface area contributed by atoms with Gasteiger partial charge >= 0.3 is 0 Å². The Labute approximate surface area is 149 Å². The van der Waals surface area contributed by atoms with Gasteiger partial charge in [0, 0.05) is 19.3 Å². The van der Waals surface area contributed by atoms with Crippen molar-refractivity contribution >= 4 is 5.91 Å². The number of hydrogen-bond acceptors (Lipinski definition) is 4. The van der Waals surface area contributed by atoms with Crippen LogP contribution in [0, 0.1) is 6.92 Å². The minimum Gasteiger partial charge on any atom is -0.339 e. The van der Waals surface area contributed by atoms with Crippen LogP contribution in [-0.4, -0.2) is 63.2 Å². The second-order valence-corrected chi connectivity index (χ2v) is 6.53. The highest BCUT2D eigenvalue weighted by Gasteiger charge is 2.21. The molecule has 1 saturated heterocycles. The quantitative estimate of drug-likeness (QED) is 0.776. The molecule has 0 bridgehead atoms. The lowest BCUT2D eigenvalue weighted by atomic mass is 10.2. The van der Waals surface area contributed by atoms with Crippen LogP contribution in [0.15, 0.2) is 30.6 Å². The molecule has 6 heteroatoms. The van der Waals surface area contributed by atoms with Crippen molar-refractivity contribution in [3.63, 3.8) is 0 Å². The first kappa shape index (κ1) is 17.6. The number of pyridine rings is 1. The van der Waals surface area contributed by atoms with Crippen LogP contribution in [-0.2, 0) is 0 Å². The summed E-state index contributed by atoms with van der Waals surface area (Å²) in [6, 6.07) is 5.68. The monoisotopic (exact) mass is 341 g/mol. The lowest BCUT2D eigenvalue weighted by Gasteiger charge is -2.22. The Morgan fingerprint density at radius 2 is 2.08 bits per heavy atom. The number of nitrogens with zero attached hydrogens (tertiary/aromatic N) is 5. The molecule has 25 heavy (non-hydrogen) atoms. The Hall–Kier alpha value is -2.21. The number of carbonyl (C=O) groups excluding carboxylic acids is 1. The van der Waals surface area contributed by atoms with Gasteiger partial charge in [-0.2, -0.15) is 5.10 Å². The minimum atomic E-state index is 0.0589. The molecule has 0 atom stereocenters. The van der Waals surface area contributed by atoms with Gasteiger partial charge < -0.3 is 9.80 Å². The van der Waals surface area contributed by atoms with Gasteiger partial charge in [-0.25, -0.2) is 9.67 Å². The van der Waals surface area contributed by atoms with E-state index in [1.807, 2.05) is 36.9 Å². The molecule has 0 radical (unpaired) electrons. The fourth-order valence-electron chi connectivity index (χ4n) is 3.39. The molecule has 3 heterocycles. The number of aromatic nitrogens is 3. The van der Waals surface area contributed by atoms with Crippen LogP contribution in [0.2, 0.25) is 0 Å². The van der Waals surface area contributed by atoms with E-state index in [1.165, 1.54) is 25.9 Å². The molecule has 1 aliphatic heterocycles. The molecule has 0 aromatic carbocycles. The van der Waals surface area contributed by atoms with Crippen LogP contribution in [0.5, 0.6) is 0 Å². The molecule has 0 aliphatic carbocycles. The maximum atomic E-state index is 12.9. The van der Waals surface area contributed by atoms with Gasteiger partial charge in [-0.3, -0.25) is 4.79 Å². The highest BCUT2D eigenvalue weighted by Crippen LogP contribution is 2.15. The van der Waals surface area contributed by atoms with Crippen LogP contribution in [0.25, 0.3) is 5.82 Å². The molecule has 2 aromatic heterocycles. The Morgan fingerprint density at radius 3 is 2.76 bits per heavy atom.